The van der Waals surface area contributed by atoms with Gasteiger partial charge in [0.2, 0.25) is 5.91 Å². The van der Waals surface area contributed by atoms with Gasteiger partial charge in [0, 0.05) is 18.7 Å². The second-order valence-corrected chi connectivity index (χ2v) is 6.53. The molecule has 10 heteroatoms. The number of carbonyl (C=O) groups excluding carboxylic acids is 1. The molecule has 2 aromatic carbocycles. The minimum Gasteiger partial charge on any atom is -0.367 e. The fraction of sp³-hybridized carbons (Fsp3) is 0.333. The van der Waals surface area contributed by atoms with Crippen molar-refractivity contribution in [2.45, 2.75) is 32.8 Å². The number of aliphatic imine (C=N–C) groups is 1. The largest absolute Gasteiger partial charge is 0.411 e. The van der Waals surface area contributed by atoms with E-state index in [0.29, 0.717) is 36.7 Å². The number of hydrogen-bond acceptors (Lipinski definition) is 3. The van der Waals surface area contributed by atoms with Crippen molar-refractivity contribution in [2.75, 3.05) is 13.2 Å². The van der Waals surface area contributed by atoms with Gasteiger partial charge >= 0.3 is 6.18 Å². The number of nitrogens with one attached hydrogen (secondary N) is 2. The number of ether oxygens (including phenoxy) is 1. The van der Waals surface area contributed by atoms with Crippen LogP contribution < -0.4 is 16.4 Å². The molecule has 170 valence electrons. The highest BCUT2D eigenvalue weighted by Gasteiger charge is 2.27. The number of nitrogens with two attached hydrogens (primary N) is 1. The van der Waals surface area contributed by atoms with Gasteiger partial charge in [0.25, 0.3) is 0 Å². The second kappa shape index (κ2) is 13.2. The lowest BCUT2D eigenvalue weighted by Crippen LogP contribution is -2.36. The molecule has 0 radical (unpaired) electrons. The van der Waals surface area contributed by atoms with Gasteiger partial charge in [-0.3, -0.25) is 4.79 Å². The SMILES string of the molecule is CCNC(=NCc1ccc(C(N)=O)cc1)NCc1ccc(COCC(F)(F)F)cc1.I. The lowest BCUT2D eigenvalue weighted by molar-refractivity contribution is -0.176. The van der Waals surface area contributed by atoms with Gasteiger partial charge in [-0.2, -0.15) is 13.2 Å². The summed E-state index contributed by atoms with van der Waals surface area (Å²) in [4.78, 5) is 15.6. The van der Waals surface area contributed by atoms with Gasteiger partial charge in [0.05, 0.1) is 13.2 Å². The molecule has 4 N–H and O–H groups in total. The Kier molecular flexibility index (Phi) is 11.3. The summed E-state index contributed by atoms with van der Waals surface area (Å²) in [6, 6.07) is 14.0. The van der Waals surface area contributed by atoms with E-state index in [2.05, 4.69) is 20.4 Å². The first-order valence-corrected chi connectivity index (χ1v) is 9.40. The molecule has 0 aliphatic carbocycles. The number of hydrogen-bond donors (Lipinski definition) is 3. The zero-order valence-electron chi connectivity index (χ0n) is 17.0. The minimum atomic E-state index is -4.32. The lowest BCUT2D eigenvalue weighted by Gasteiger charge is -2.12. The molecule has 31 heavy (non-hydrogen) atoms. The first-order valence-electron chi connectivity index (χ1n) is 9.40. The highest BCUT2D eigenvalue weighted by molar-refractivity contribution is 14.0. The zero-order valence-corrected chi connectivity index (χ0v) is 19.4. The molecule has 2 aromatic rings. The summed E-state index contributed by atoms with van der Waals surface area (Å²) in [5, 5.41) is 6.35. The van der Waals surface area contributed by atoms with Crippen molar-refractivity contribution in [3.63, 3.8) is 0 Å². The number of carbonyl (C=O) groups is 1. The first-order chi connectivity index (χ1) is 14.3. The molecule has 0 aliphatic rings. The maximum atomic E-state index is 12.1. The van der Waals surface area contributed by atoms with E-state index in [4.69, 9.17) is 5.73 Å². The molecule has 0 aliphatic heterocycles. The third kappa shape index (κ3) is 10.5. The van der Waals surface area contributed by atoms with E-state index in [1.165, 1.54) is 0 Å². The van der Waals surface area contributed by atoms with Gasteiger partial charge in [0.1, 0.15) is 6.61 Å². The molecular weight excluding hydrogens is 524 g/mol. The van der Waals surface area contributed by atoms with Crippen LogP contribution in [0.15, 0.2) is 53.5 Å². The Morgan fingerprint density at radius 2 is 1.58 bits per heavy atom. The molecule has 0 saturated heterocycles. The van der Waals surface area contributed by atoms with Crippen LogP contribution in [0.2, 0.25) is 0 Å². The van der Waals surface area contributed by atoms with Crippen LogP contribution in [0, 0.1) is 0 Å². The molecule has 0 spiro atoms. The van der Waals surface area contributed by atoms with Crippen LogP contribution in [-0.4, -0.2) is 31.2 Å². The predicted molar refractivity (Wildman–Crippen MR) is 124 cm³/mol. The van der Waals surface area contributed by atoms with E-state index in [1.807, 2.05) is 19.1 Å². The van der Waals surface area contributed by atoms with Gasteiger partial charge in [-0.1, -0.05) is 36.4 Å². The molecule has 6 nitrogen and oxygen atoms in total. The highest BCUT2D eigenvalue weighted by Crippen LogP contribution is 2.15. The summed E-state index contributed by atoms with van der Waals surface area (Å²) in [7, 11) is 0. The molecule has 0 aromatic heterocycles. The molecular formula is C21H26F3IN4O2. The first kappa shape index (κ1) is 26.7. The lowest BCUT2D eigenvalue weighted by atomic mass is 10.1. The van der Waals surface area contributed by atoms with E-state index in [9.17, 15) is 18.0 Å². The summed E-state index contributed by atoms with van der Waals surface area (Å²) in [5.74, 6) is 0.145. The molecule has 0 fully saturated rings. The van der Waals surface area contributed by atoms with Gasteiger partial charge in [-0.05, 0) is 35.7 Å². The summed E-state index contributed by atoms with van der Waals surface area (Å²) >= 11 is 0. The third-order valence-corrected chi connectivity index (χ3v) is 4.02. The fourth-order valence-corrected chi connectivity index (χ4v) is 2.51. The number of benzene rings is 2. The Hall–Kier alpha value is -2.34. The van der Waals surface area contributed by atoms with E-state index < -0.39 is 18.7 Å². The molecule has 1 amide bonds. The van der Waals surface area contributed by atoms with Gasteiger partial charge in [-0.15, -0.1) is 24.0 Å². The van der Waals surface area contributed by atoms with Crippen molar-refractivity contribution < 1.29 is 22.7 Å². The van der Waals surface area contributed by atoms with Crippen LogP contribution in [0.25, 0.3) is 0 Å². The number of rotatable bonds is 9. The monoisotopic (exact) mass is 550 g/mol. The Morgan fingerprint density at radius 3 is 2.13 bits per heavy atom. The van der Waals surface area contributed by atoms with E-state index in [-0.39, 0.29) is 30.6 Å². The predicted octanol–water partition coefficient (Wildman–Crippen LogP) is 3.74. The van der Waals surface area contributed by atoms with E-state index in [1.54, 1.807) is 36.4 Å². The summed E-state index contributed by atoms with van der Waals surface area (Å²) in [6.07, 6.45) is -4.32. The van der Waals surface area contributed by atoms with E-state index in [0.717, 1.165) is 11.1 Å². The van der Waals surface area contributed by atoms with Crippen LogP contribution in [0.4, 0.5) is 13.2 Å². The minimum absolute atomic E-state index is 0. The maximum Gasteiger partial charge on any atom is 0.411 e. The van der Waals surface area contributed by atoms with Gasteiger partial charge < -0.3 is 21.1 Å². The van der Waals surface area contributed by atoms with Crippen LogP contribution >= 0.6 is 24.0 Å². The zero-order chi connectivity index (χ0) is 22.0. The number of nitrogens with zero attached hydrogens (tertiary/aromatic N) is 1. The fourth-order valence-electron chi connectivity index (χ4n) is 2.51. The average molecular weight is 550 g/mol. The van der Waals surface area contributed by atoms with Crippen molar-refractivity contribution in [1.29, 1.82) is 0 Å². The Labute approximate surface area is 196 Å². The number of primary amides is 1. The number of guanidine groups is 1. The van der Waals surface area contributed by atoms with Crippen LogP contribution in [0.3, 0.4) is 0 Å². The Morgan fingerprint density at radius 1 is 1.00 bits per heavy atom. The maximum absolute atomic E-state index is 12.1. The summed E-state index contributed by atoms with van der Waals surface area (Å²) in [6.45, 7) is 2.20. The number of halogens is 4. The average Bonchev–Trinajstić information content (AvgIpc) is 2.70. The van der Waals surface area contributed by atoms with Crippen molar-refractivity contribution in [3.05, 3.63) is 70.8 Å². The molecule has 0 atom stereocenters. The molecule has 0 heterocycles. The van der Waals surface area contributed by atoms with Crippen molar-refractivity contribution in [3.8, 4) is 0 Å². The molecule has 0 saturated carbocycles. The molecule has 0 bridgehead atoms. The Balaban J connectivity index is 0.00000480. The standard InChI is InChI=1S/C21H25F3N4O2.HI/c1-2-26-20(28-12-16-7-9-18(10-8-16)19(25)29)27-11-15-3-5-17(6-4-15)13-30-14-21(22,23)24;/h3-10H,2,11-14H2,1H3,(H2,25,29)(H2,26,27,28);1H. The van der Waals surface area contributed by atoms with Gasteiger partial charge in [0.15, 0.2) is 5.96 Å². The molecule has 2 rings (SSSR count). The van der Waals surface area contributed by atoms with Crippen LogP contribution in [0.1, 0.15) is 34.0 Å². The molecule has 0 unspecified atom stereocenters. The van der Waals surface area contributed by atoms with E-state index >= 15 is 0 Å². The quantitative estimate of drug-likeness (QED) is 0.252. The topological polar surface area (TPSA) is 88.7 Å². The van der Waals surface area contributed by atoms with Crippen molar-refractivity contribution in [2.24, 2.45) is 10.7 Å². The smallest absolute Gasteiger partial charge is 0.367 e. The van der Waals surface area contributed by atoms with Crippen molar-refractivity contribution >= 4 is 35.8 Å². The van der Waals surface area contributed by atoms with Gasteiger partial charge in [-0.25, -0.2) is 4.99 Å². The number of alkyl halides is 3. The summed E-state index contributed by atoms with van der Waals surface area (Å²) < 4.78 is 41.0. The Bertz CT molecular complexity index is 841. The van der Waals surface area contributed by atoms with Crippen LogP contribution in [-0.2, 0) is 24.4 Å². The number of amides is 1. The highest BCUT2D eigenvalue weighted by atomic mass is 127. The van der Waals surface area contributed by atoms with Crippen molar-refractivity contribution in [1.82, 2.24) is 10.6 Å². The second-order valence-electron chi connectivity index (χ2n) is 6.53. The summed E-state index contributed by atoms with van der Waals surface area (Å²) in [5.41, 5.74) is 8.23. The van der Waals surface area contributed by atoms with Crippen LogP contribution in [0.5, 0.6) is 0 Å². The normalized spacial score (nSPS) is 11.5. The third-order valence-electron chi connectivity index (χ3n) is 4.02.